The SMILES string of the molecule is CCCCc1noc(CC(NC)C(C)(C)C)n1. The van der Waals surface area contributed by atoms with E-state index in [1.807, 2.05) is 7.05 Å². The van der Waals surface area contributed by atoms with Crippen molar-refractivity contribution in [2.75, 3.05) is 7.05 Å². The summed E-state index contributed by atoms with van der Waals surface area (Å²) in [6, 6.07) is 0.349. The molecule has 0 aliphatic rings. The molecule has 1 aromatic rings. The van der Waals surface area contributed by atoms with Crippen LogP contribution < -0.4 is 5.32 Å². The summed E-state index contributed by atoms with van der Waals surface area (Å²) in [7, 11) is 1.98. The van der Waals surface area contributed by atoms with Crippen molar-refractivity contribution in [2.45, 2.75) is 59.4 Å². The van der Waals surface area contributed by atoms with Gasteiger partial charge in [-0.15, -0.1) is 0 Å². The number of unbranched alkanes of at least 4 members (excludes halogenated alkanes) is 1. The second-order valence-electron chi connectivity index (χ2n) is 5.62. The minimum Gasteiger partial charge on any atom is -0.339 e. The van der Waals surface area contributed by atoms with E-state index in [1.165, 1.54) is 0 Å². The van der Waals surface area contributed by atoms with Gasteiger partial charge in [-0.3, -0.25) is 0 Å². The second kappa shape index (κ2) is 6.15. The molecule has 1 rings (SSSR count). The molecule has 0 saturated carbocycles. The molecule has 0 amide bonds. The number of nitrogens with one attached hydrogen (secondary N) is 1. The zero-order valence-corrected chi connectivity index (χ0v) is 11.7. The topological polar surface area (TPSA) is 51.0 Å². The van der Waals surface area contributed by atoms with E-state index in [1.54, 1.807) is 0 Å². The van der Waals surface area contributed by atoms with Gasteiger partial charge in [0, 0.05) is 18.9 Å². The Morgan fingerprint density at radius 1 is 1.35 bits per heavy atom. The van der Waals surface area contributed by atoms with Crippen molar-refractivity contribution in [3.63, 3.8) is 0 Å². The first-order chi connectivity index (χ1) is 7.97. The summed E-state index contributed by atoms with van der Waals surface area (Å²) in [4.78, 5) is 4.43. The third kappa shape index (κ3) is 4.46. The van der Waals surface area contributed by atoms with Crippen molar-refractivity contribution < 1.29 is 4.52 Å². The van der Waals surface area contributed by atoms with Gasteiger partial charge in [-0.25, -0.2) is 0 Å². The van der Waals surface area contributed by atoms with Crippen molar-refractivity contribution in [3.8, 4) is 0 Å². The maximum Gasteiger partial charge on any atom is 0.228 e. The predicted molar refractivity (Wildman–Crippen MR) is 68.9 cm³/mol. The van der Waals surface area contributed by atoms with E-state index in [-0.39, 0.29) is 5.41 Å². The van der Waals surface area contributed by atoms with Crippen LogP contribution in [0.4, 0.5) is 0 Å². The maximum atomic E-state index is 5.29. The van der Waals surface area contributed by atoms with Gasteiger partial charge in [0.1, 0.15) is 0 Å². The first kappa shape index (κ1) is 14.2. The standard InChI is InChI=1S/C13H25N3O/c1-6-7-8-11-15-12(17-16-11)9-10(14-5)13(2,3)4/h10,14H,6-9H2,1-5H3. The van der Waals surface area contributed by atoms with Crippen LogP contribution in [0.3, 0.4) is 0 Å². The highest BCUT2D eigenvalue weighted by atomic mass is 16.5. The molecule has 0 radical (unpaired) electrons. The van der Waals surface area contributed by atoms with E-state index in [2.05, 4.69) is 43.2 Å². The molecule has 0 aromatic carbocycles. The lowest BCUT2D eigenvalue weighted by molar-refractivity contribution is 0.255. The molecular formula is C13H25N3O. The molecule has 4 heteroatoms. The molecule has 0 spiro atoms. The number of aryl methyl sites for hydroxylation is 1. The van der Waals surface area contributed by atoms with E-state index in [9.17, 15) is 0 Å². The number of rotatable bonds is 6. The largest absolute Gasteiger partial charge is 0.339 e. The van der Waals surface area contributed by atoms with Crippen LogP contribution >= 0.6 is 0 Å². The third-order valence-corrected chi connectivity index (χ3v) is 3.04. The summed E-state index contributed by atoms with van der Waals surface area (Å²) < 4.78 is 5.29. The summed E-state index contributed by atoms with van der Waals surface area (Å²) in [6.45, 7) is 8.80. The van der Waals surface area contributed by atoms with Gasteiger partial charge >= 0.3 is 0 Å². The van der Waals surface area contributed by atoms with Gasteiger partial charge in [0.15, 0.2) is 5.82 Å². The van der Waals surface area contributed by atoms with Crippen LogP contribution in [-0.2, 0) is 12.8 Å². The number of nitrogens with zero attached hydrogens (tertiary/aromatic N) is 2. The van der Waals surface area contributed by atoms with Crippen LogP contribution in [-0.4, -0.2) is 23.2 Å². The number of hydrogen-bond donors (Lipinski definition) is 1. The molecule has 1 N–H and O–H groups in total. The Labute approximate surface area is 104 Å². The quantitative estimate of drug-likeness (QED) is 0.829. The van der Waals surface area contributed by atoms with Crippen LogP contribution in [0.25, 0.3) is 0 Å². The molecule has 0 saturated heterocycles. The van der Waals surface area contributed by atoms with E-state index in [4.69, 9.17) is 4.52 Å². The molecule has 0 aliphatic heterocycles. The van der Waals surface area contributed by atoms with Gasteiger partial charge in [0.25, 0.3) is 0 Å². The van der Waals surface area contributed by atoms with Crippen LogP contribution in [0, 0.1) is 5.41 Å². The Morgan fingerprint density at radius 2 is 2.06 bits per heavy atom. The predicted octanol–water partition coefficient (Wildman–Crippen LogP) is 2.59. The average molecular weight is 239 g/mol. The Balaban J connectivity index is 2.58. The summed E-state index contributed by atoms with van der Waals surface area (Å²) in [5, 5.41) is 7.32. The fourth-order valence-corrected chi connectivity index (χ4v) is 1.83. The fourth-order valence-electron chi connectivity index (χ4n) is 1.83. The lowest BCUT2D eigenvalue weighted by atomic mass is 9.85. The molecule has 1 unspecified atom stereocenters. The molecule has 4 nitrogen and oxygen atoms in total. The Kier molecular flexibility index (Phi) is 5.12. The Hall–Kier alpha value is -0.900. The van der Waals surface area contributed by atoms with Gasteiger partial charge in [-0.05, 0) is 18.9 Å². The molecule has 17 heavy (non-hydrogen) atoms. The van der Waals surface area contributed by atoms with E-state index in [0.29, 0.717) is 6.04 Å². The zero-order valence-electron chi connectivity index (χ0n) is 11.7. The lowest BCUT2D eigenvalue weighted by Gasteiger charge is -2.29. The zero-order chi connectivity index (χ0) is 12.9. The highest BCUT2D eigenvalue weighted by Gasteiger charge is 2.25. The van der Waals surface area contributed by atoms with Gasteiger partial charge in [0.05, 0.1) is 0 Å². The van der Waals surface area contributed by atoms with Crippen molar-refractivity contribution >= 4 is 0 Å². The first-order valence-electron chi connectivity index (χ1n) is 6.46. The minimum atomic E-state index is 0.187. The molecule has 1 heterocycles. The second-order valence-corrected chi connectivity index (χ2v) is 5.62. The van der Waals surface area contributed by atoms with Crippen LogP contribution in [0.5, 0.6) is 0 Å². The summed E-state index contributed by atoms with van der Waals surface area (Å²) >= 11 is 0. The summed E-state index contributed by atoms with van der Waals surface area (Å²) in [6.07, 6.45) is 3.98. The highest BCUT2D eigenvalue weighted by Crippen LogP contribution is 2.21. The third-order valence-electron chi connectivity index (χ3n) is 3.04. The van der Waals surface area contributed by atoms with Gasteiger partial charge in [-0.1, -0.05) is 39.3 Å². The van der Waals surface area contributed by atoms with Crippen molar-refractivity contribution in [3.05, 3.63) is 11.7 Å². The average Bonchev–Trinajstić information content (AvgIpc) is 2.69. The maximum absolute atomic E-state index is 5.29. The van der Waals surface area contributed by atoms with Crippen molar-refractivity contribution in [2.24, 2.45) is 5.41 Å². The summed E-state index contributed by atoms with van der Waals surface area (Å²) in [5.41, 5.74) is 0.187. The van der Waals surface area contributed by atoms with Crippen LogP contribution in [0.1, 0.15) is 52.3 Å². The molecule has 1 aromatic heterocycles. The Bertz CT molecular complexity index is 328. The van der Waals surface area contributed by atoms with Gasteiger partial charge in [0.2, 0.25) is 5.89 Å². The number of likely N-dealkylation sites (N-methyl/N-ethyl adjacent to an activating group) is 1. The molecule has 1 atom stereocenters. The smallest absolute Gasteiger partial charge is 0.228 e. The van der Waals surface area contributed by atoms with Crippen molar-refractivity contribution in [1.29, 1.82) is 0 Å². The highest BCUT2D eigenvalue weighted by molar-refractivity contribution is 4.93. The van der Waals surface area contributed by atoms with Crippen molar-refractivity contribution in [1.82, 2.24) is 15.5 Å². The minimum absolute atomic E-state index is 0.187. The first-order valence-corrected chi connectivity index (χ1v) is 6.46. The molecule has 0 aliphatic carbocycles. The van der Waals surface area contributed by atoms with E-state index < -0.39 is 0 Å². The molecule has 0 bridgehead atoms. The Morgan fingerprint density at radius 3 is 2.59 bits per heavy atom. The van der Waals surface area contributed by atoms with Gasteiger partial charge < -0.3 is 9.84 Å². The van der Waals surface area contributed by atoms with E-state index in [0.717, 1.165) is 37.4 Å². The summed E-state index contributed by atoms with van der Waals surface area (Å²) in [5.74, 6) is 1.58. The molecule has 0 fully saturated rings. The number of aromatic nitrogens is 2. The van der Waals surface area contributed by atoms with Gasteiger partial charge in [-0.2, -0.15) is 4.98 Å². The number of hydrogen-bond acceptors (Lipinski definition) is 4. The van der Waals surface area contributed by atoms with Crippen LogP contribution in [0.2, 0.25) is 0 Å². The molecule has 98 valence electrons. The molecular weight excluding hydrogens is 214 g/mol. The monoisotopic (exact) mass is 239 g/mol. The van der Waals surface area contributed by atoms with E-state index >= 15 is 0 Å². The lowest BCUT2D eigenvalue weighted by Crippen LogP contribution is -2.39. The normalized spacial score (nSPS) is 13.9. The fraction of sp³-hybridized carbons (Fsp3) is 0.846. The van der Waals surface area contributed by atoms with Crippen LogP contribution in [0.15, 0.2) is 4.52 Å².